The summed E-state index contributed by atoms with van der Waals surface area (Å²) in [6.07, 6.45) is 0.975. The van der Waals surface area contributed by atoms with Gasteiger partial charge in [-0.1, -0.05) is 66.7 Å². The molecule has 4 heteroatoms. The van der Waals surface area contributed by atoms with E-state index in [1.807, 2.05) is 78.9 Å². The zero-order valence-electron chi connectivity index (χ0n) is 15.5. The van der Waals surface area contributed by atoms with Crippen molar-refractivity contribution in [3.63, 3.8) is 0 Å². The summed E-state index contributed by atoms with van der Waals surface area (Å²) >= 11 is 0. The number of hydrogen-bond acceptors (Lipinski definition) is 3. The molecule has 0 saturated heterocycles. The molecule has 0 aromatic heterocycles. The number of nitrogens with zero attached hydrogens (tertiary/aromatic N) is 1. The highest BCUT2D eigenvalue weighted by Gasteiger charge is 2.14. The fraction of sp³-hybridized carbons (Fsp3) is 0.0833. The van der Waals surface area contributed by atoms with Crippen molar-refractivity contribution in [1.82, 2.24) is 5.43 Å². The van der Waals surface area contributed by atoms with Gasteiger partial charge in [-0.15, -0.1) is 0 Å². The summed E-state index contributed by atoms with van der Waals surface area (Å²) in [5, 5.41) is 8.56. The van der Waals surface area contributed by atoms with E-state index in [-0.39, 0.29) is 5.91 Å². The molecule has 4 aromatic rings. The van der Waals surface area contributed by atoms with Crippen LogP contribution in [0.3, 0.4) is 0 Å². The Kier molecular flexibility index (Phi) is 5.02. The Bertz CT molecular complexity index is 1170. The Hall–Kier alpha value is -3.66. The quantitative estimate of drug-likeness (QED) is 0.402. The first-order valence-electron chi connectivity index (χ1n) is 9.16. The predicted octanol–water partition coefficient (Wildman–Crippen LogP) is 4.91. The van der Waals surface area contributed by atoms with Gasteiger partial charge in [0.1, 0.15) is 5.75 Å². The van der Waals surface area contributed by atoms with Crippen LogP contribution in [0.5, 0.6) is 5.75 Å². The Morgan fingerprint density at radius 2 is 1.46 bits per heavy atom. The van der Waals surface area contributed by atoms with Crippen molar-refractivity contribution < 1.29 is 9.53 Å². The first kappa shape index (κ1) is 17.7. The molecule has 0 aliphatic rings. The zero-order chi connectivity index (χ0) is 19.3. The third-order valence-electron chi connectivity index (χ3n) is 4.56. The summed E-state index contributed by atoms with van der Waals surface area (Å²) in [6, 6.07) is 27.9. The van der Waals surface area contributed by atoms with Crippen LogP contribution >= 0.6 is 0 Å². The zero-order valence-corrected chi connectivity index (χ0v) is 15.5. The van der Waals surface area contributed by atoms with Crippen molar-refractivity contribution in [2.24, 2.45) is 5.10 Å². The first-order valence-corrected chi connectivity index (χ1v) is 9.16. The predicted molar refractivity (Wildman–Crippen MR) is 114 cm³/mol. The van der Waals surface area contributed by atoms with E-state index in [0.29, 0.717) is 5.75 Å². The molecule has 0 fully saturated rings. The monoisotopic (exact) mass is 368 g/mol. The molecule has 0 radical (unpaired) electrons. The van der Waals surface area contributed by atoms with Crippen molar-refractivity contribution in [1.29, 1.82) is 0 Å². The van der Waals surface area contributed by atoms with Gasteiger partial charge in [-0.25, -0.2) is 5.43 Å². The van der Waals surface area contributed by atoms with Crippen molar-refractivity contribution in [3.8, 4) is 5.75 Å². The summed E-state index contributed by atoms with van der Waals surface area (Å²) in [5.74, 6) is 0.352. The van der Waals surface area contributed by atoms with Crippen LogP contribution < -0.4 is 10.2 Å². The van der Waals surface area contributed by atoms with E-state index >= 15 is 0 Å². The van der Waals surface area contributed by atoms with Gasteiger partial charge in [-0.05, 0) is 52.2 Å². The van der Waals surface area contributed by atoms with E-state index < -0.39 is 6.10 Å². The molecule has 0 spiro atoms. The molecule has 0 saturated carbocycles. The first-order chi connectivity index (χ1) is 13.7. The topological polar surface area (TPSA) is 50.7 Å². The van der Waals surface area contributed by atoms with Crippen molar-refractivity contribution in [3.05, 3.63) is 90.5 Å². The van der Waals surface area contributed by atoms with E-state index in [1.165, 1.54) is 5.39 Å². The maximum atomic E-state index is 12.3. The molecule has 4 nitrogen and oxygen atoms in total. The minimum absolute atomic E-state index is 0.301. The minimum Gasteiger partial charge on any atom is -0.481 e. The summed E-state index contributed by atoms with van der Waals surface area (Å²) in [5.41, 5.74) is 3.46. The molecule has 4 rings (SSSR count). The highest BCUT2D eigenvalue weighted by atomic mass is 16.5. The van der Waals surface area contributed by atoms with Gasteiger partial charge < -0.3 is 4.74 Å². The van der Waals surface area contributed by atoms with Crippen LogP contribution in [0, 0.1) is 0 Å². The molecule has 0 heterocycles. The van der Waals surface area contributed by atoms with Gasteiger partial charge >= 0.3 is 0 Å². The highest BCUT2D eigenvalue weighted by Crippen LogP contribution is 2.21. The molecule has 1 amide bonds. The molecule has 0 bridgehead atoms. The fourth-order valence-electron chi connectivity index (χ4n) is 3.05. The number of rotatable bonds is 5. The molecule has 1 N–H and O–H groups in total. The molecule has 0 unspecified atom stereocenters. The van der Waals surface area contributed by atoms with Crippen LogP contribution in [0.4, 0.5) is 0 Å². The maximum Gasteiger partial charge on any atom is 0.280 e. The number of carbonyl (C=O) groups is 1. The SMILES string of the molecule is C[C@@H](Oc1ccc2ccccc2c1)C(=O)N/N=C\c1ccc2ccccc2c1. The lowest BCUT2D eigenvalue weighted by molar-refractivity contribution is -0.127. The average Bonchev–Trinajstić information content (AvgIpc) is 2.73. The van der Waals surface area contributed by atoms with E-state index in [1.54, 1.807) is 13.1 Å². The second-order valence-corrected chi connectivity index (χ2v) is 6.61. The van der Waals surface area contributed by atoms with Crippen LogP contribution in [0.15, 0.2) is 90.0 Å². The lowest BCUT2D eigenvalue weighted by atomic mass is 10.1. The van der Waals surface area contributed by atoms with Gasteiger partial charge in [0.2, 0.25) is 0 Å². The number of ether oxygens (including phenoxy) is 1. The minimum atomic E-state index is -0.657. The van der Waals surface area contributed by atoms with E-state index in [4.69, 9.17) is 4.74 Å². The standard InChI is InChI=1S/C24H20N2O2/c1-17(28-23-13-12-20-7-3-5-9-22(20)15-23)24(27)26-25-16-18-10-11-19-6-2-4-8-21(19)14-18/h2-17H,1H3,(H,26,27)/b25-16-/t17-/m1/s1. The maximum absolute atomic E-state index is 12.3. The van der Waals surface area contributed by atoms with Crippen LogP contribution in [0.2, 0.25) is 0 Å². The molecule has 4 aromatic carbocycles. The fourth-order valence-corrected chi connectivity index (χ4v) is 3.05. The number of fused-ring (bicyclic) bond motifs is 2. The molecule has 0 aliphatic carbocycles. The van der Waals surface area contributed by atoms with Gasteiger partial charge in [0.15, 0.2) is 6.10 Å². The average molecular weight is 368 g/mol. The molecule has 138 valence electrons. The van der Waals surface area contributed by atoms with E-state index in [0.717, 1.165) is 21.7 Å². The van der Waals surface area contributed by atoms with E-state index in [2.05, 4.69) is 16.6 Å². The Morgan fingerprint density at radius 3 is 2.18 bits per heavy atom. The molecule has 28 heavy (non-hydrogen) atoms. The summed E-state index contributed by atoms with van der Waals surface area (Å²) < 4.78 is 5.76. The number of nitrogens with one attached hydrogen (secondary N) is 1. The van der Waals surface area contributed by atoms with E-state index in [9.17, 15) is 4.79 Å². The van der Waals surface area contributed by atoms with Crippen LogP contribution in [0.25, 0.3) is 21.5 Å². The second kappa shape index (κ2) is 7.92. The molecule has 1 atom stereocenters. The Morgan fingerprint density at radius 1 is 0.857 bits per heavy atom. The Labute approximate surface area is 163 Å². The number of hydrogen-bond donors (Lipinski definition) is 1. The second-order valence-electron chi connectivity index (χ2n) is 6.61. The Balaban J connectivity index is 1.38. The third kappa shape index (κ3) is 4.01. The van der Waals surface area contributed by atoms with Crippen LogP contribution in [0.1, 0.15) is 12.5 Å². The van der Waals surface area contributed by atoms with Gasteiger partial charge in [0.05, 0.1) is 6.21 Å². The largest absolute Gasteiger partial charge is 0.481 e. The molecular formula is C24H20N2O2. The number of hydrazone groups is 1. The van der Waals surface area contributed by atoms with Crippen LogP contribution in [-0.2, 0) is 4.79 Å². The lowest BCUT2D eigenvalue weighted by Gasteiger charge is -2.13. The summed E-state index contributed by atoms with van der Waals surface area (Å²) in [7, 11) is 0. The molecule has 0 aliphatic heterocycles. The van der Waals surface area contributed by atoms with Gasteiger partial charge in [-0.3, -0.25) is 4.79 Å². The summed E-state index contributed by atoms with van der Waals surface area (Å²) in [6.45, 7) is 1.70. The number of amides is 1. The highest BCUT2D eigenvalue weighted by molar-refractivity contribution is 5.91. The third-order valence-corrected chi connectivity index (χ3v) is 4.56. The van der Waals surface area contributed by atoms with Crippen LogP contribution in [-0.4, -0.2) is 18.2 Å². The summed E-state index contributed by atoms with van der Waals surface area (Å²) in [4.78, 5) is 12.3. The number of benzene rings is 4. The van der Waals surface area contributed by atoms with Crippen molar-refractivity contribution in [2.75, 3.05) is 0 Å². The smallest absolute Gasteiger partial charge is 0.280 e. The lowest BCUT2D eigenvalue weighted by Crippen LogP contribution is -2.33. The molecular weight excluding hydrogens is 348 g/mol. The van der Waals surface area contributed by atoms with Gasteiger partial charge in [0, 0.05) is 0 Å². The van der Waals surface area contributed by atoms with Crippen molar-refractivity contribution in [2.45, 2.75) is 13.0 Å². The number of carbonyl (C=O) groups excluding carboxylic acids is 1. The normalized spacial score (nSPS) is 12.3. The van der Waals surface area contributed by atoms with Gasteiger partial charge in [0.25, 0.3) is 5.91 Å². The van der Waals surface area contributed by atoms with Crippen molar-refractivity contribution >= 4 is 33.7 Å². The van der Waals surface area contributed by atoms with Gasteiger partial charge in [-0.2, -0.15) is 5.10 Å².